The molecule has 7 nitrogen and oxygen atoms in total. The van der Waals surface area contributed by atoms with Gasteiger partial charge in [0.25, 0.3) is 0 Å². The van der Waals surface area contributed by atoms with Crippen LogP contribution in [0.15, 0.2) is 60.9 Å². The number of nitriles is 1. The van der Waals surface area contributed by atoms with Gasteiger partial charge < -0.3 is 19.4 Å². The summed E-state index contributed by atoms with van der Waals surface area (Å²) in [5.41, 5.74) is 4.70. The van der Waals surface area contributed by atoms with Crippen LogP contribution in [0.5, 0.6) is 5.75 Å². The van der Waals surface area contributed by atoms with Gasteiger partial charge in [-0.25, -0.2) is 9.97 Å². The molecule has 1 saturated carbocycles. The van der Waals surface area contributed by atoms with E-state index in [-0.39, 0.29) is 6.10 Å². The van der Waals surface area contributed by atoms with Gasteiger partial charge in [0.15, 0.2) is 0 Å². The molecule has 0 spiro atoms. The average Bonchev–Trinajstić information content (AvgIpc) is 3.18. The van der Waals surface area contributed by atoms with Gasteiger partial charge in [0.2, 0.25) is 5.95 Å². The maximum absolute atomic E-state index is 10.2. The van der Waals surface area contributed by atoms with E-state index in [9.17, 15) is 5.26 Å². The molecule has 1 N–H and O–H groups in total. The molecular formula is C28H27N5O2. The first-order valence-electron chi connectivity index (χ1n) is 12.3. The van der Waals surface area contributed by atoms with E-state index < -0.39 is 0 Å². The van der Waals surface area contributed by atoms with Crippen molar-refractivity contribution in [2.45, 2.75) is 44.2 Å². The van der Waals surface area contributed by atoms with Crippen LogP contribution in [0.4, 0.5) is 11.6 Å². The number of hydrogen-bond acceptors (Lipinski definition) is 6. The molecule has 0 atom stereocenters. The number of nitrogens with zero attached hydrogens (tertiary/aromatic N) is 4. The Morgan fingerprint density at radius 1 is 1.00 bits per heavy atom. The summed E-state index contributed by atoms with van der Waals surface area (Å²) in [5, 5.41) is 14.4. The van der Waals surface area contributed by atoms with Crippen LogP contribution in [0.3, 0.4) is 0 Å². The number of nitrogens with one attached hydrogen (secondary N) is 1. The SMILES string of the molecule is N#Cc1c(-c2ccc(Nc3ncccn3)cc2)n(C2CCC2)c2cc(OC3CCOCC3)ccc12. The van der Waals surface area contributed by atoms with Crippen molar-refractivity contribution in [2.24, 2.45) is 0 Å². The molecule has 2 fully saturated rings. The molecule has 0 unspecified atom stereocenters. The van der Waals surface area contributed by atoms with Crippen molar-refractivity contribution in [3.8, 4) is 23.1 Å². The predicted octanol–water partition coefficient (Wildman–Crippen LogP) is 6.00. The smallest absolute Gasteiger partial charge is 0.227 e. The molecule has 7 heteroatoms. The fourth-order valence-electron chi connectivity index (χ4n) is 4.98. The number of aromatic nitrogens is 3. The van der Waals surface area contributed by atoms with E-state index >= 15 is 0 Å². The molecule has 1 aliphatic heterocycles. The first kappa shape index (κ1) is 21.6. The summed E-state index contributed by atoms with van der Waals surface area (Å²) in [4.78, 5) is 8.46. The standard InChI is InChI=1S/C28H27N5O2/c29-18-25-24-10-9-23(35-22-11-15-34-16-12-22)17-26(24)33(21-3-1-4-21)27(25)19-5-7-20(8-6-19)32-28-30-13-2-14-31-28/h2,5-10,13-14,17,21-22H,1,3-4,11-12,15-16H2,(H,30,31,32). The van der Waals surface area contributed by atoms with Crippen molar-refractivity contribution in [3.05, 3.63) is 66.5 Å². The fraction of sp³-hybridized carbons (Fsp3) is 0.321. The van der Waals surface area contributed by atoms with Gasteiger partial charge in [-0.15, -0.1) is 0 Å². The predicted molar refractivity (Wildman–Crippen MR) is 135 cm³/mol. The Balaban J connectivity index is 1.39. The van der Waals surface area contributed by atoms with Crippen molar-refractivity contribution < 1.29 is 9.47 Å². The van der Waals surface area contributed by atoms with Crippen LogP contribution in [-0.4, -0.2) is 33.9 Å². The lowest BCUT2D eigenvalue weighted by Crippen LogP contribution is -2.25. The summed E-state index contributed by atoms with van der Waals surface area (Å²) in [6.07, 6.45) is 8.87. The highest BCUT2D eigenvalue weighted by molar-refractivity contribution is 5.95. The van der Waals surface area contributed by atoms with Gasteiger partial charge in [-0.1, -0.05) is 12.1 Å². The minimum Gasteiger partial charge on any atom is -0.490 e. The molecule has 6 rings (SSSR count). The summed E-state index contributed by atoms with van der Waals surface area (Å²) in [5.74, 6) is 1.42. The number of rotatable bonds is 6. The second-order valence-electron chi connectivity index (χ2n) is 9.17. The van der Waals surface area contributed by atoms with Gasteiger partial charge in [0.1, 0.15) is 17.9 Å². The molecule has 0 radical (unpaired) electrons. The summed E-state index contributed by atoms with van der Waals surface area (Å²) in [6.45, 7) is 1.49. The van der Waals surface area contributed by atoms with Gasteiger partial charge in [-0.3, -0.25) is 0 Å². The lowest BCUT2D eigenvalue weighted by Gasteiger charge is -2.30. The van der Waals surface area contributed by atoms with E-state index in [0.717, 1.165) is 78.1 Å². The van der Waals surface area contributed by atoms with Crippen molar-refractivity contribution in [3.63, 3.8) is 0 Å². The molecule has 35 heavy (non-hydrogen) atoms. The highest BCUT2D eigenvalue weighted by Crippen LogP contribution is 2.43. The van der Waals surface area contributed by atoms with E-state index in [1.54, 1.807) is 18.5 Å². The summed E-state index contributed by atoms with van der Waals surface area (Å²) in [6, 6.07) is 19.0. The topological polar surface area (TPSA) is 85.0 Å². The summed E-state index contributed by atoms with van der Waals surface area (Å²) >= 11 is 0. The van der Waals surface area contributed by atoms with Crippen LogP contribution in [0, 0.1) is 11.3 Å². The van der Waals surface area contributed by atoms with Crippen molar-refractivity contribution >= 4 is 22.5 Å². The minimum absolute atomic E-state index is 0.178. The highest BCUT2D eigenvalue weighted by atomic mass is 16.5. The molecule has 3 heterocycles. The Hall–Kier alpha value is -3.89. The molecule has 2 aliphatic rings. The molecule has 1 saturated heterocycles. The van der Waals surface area contributed by atoms with Gasteiger partial charge in [0, 0.05) is 48.4 Å². The zero-order chi connectivity index (χ0) is 23.6. The van der Waals surface area contributed by atoms with Crippen molar-refractivity contribution in [1.82, 2.24) is 14.5 Å². The molecule has 0 amide bonds. The van der Waals surface area contributed by atoms with E-state index in [1.165, 1.54) is 6.42 Å². The van der Waals surface area contributed by atoms with Crippen LogP contribution >= 0.6 is 0 Å². The van der Waals surface area contributed by atoms with Crippen LogP contribution in [0.25, 0.3) is 22.2 Å². The zero-order valence-corrected chi connectivity index (χ0v) is 19.5. The van der Waals surface area contributed by atoms with E-state index in [4.69, 9.17) is 9.47 Å². The summed E-state index contributed by atoms with van der Waals surface area (Å²) in [7, 11) is 0. The van der Waals surface area contributed by atoms with Crippen LogP contribution in [-0.2, 0) is 4.74 Å². The molecular weight excluding hydrogens is 438 g/mol. The van der Waals surface area contributed by atoms with Gasteiger partial charge in [0.05, 0.1) is 30.0 Å². The number of hydrogen-bond donors (Lipinski definition) is 1. The third kappa shape index (κ3) is 4.22. The molecule has 2 aromatic heterocycles. The fourth-order valence-corrected chi connectivity index (χ4v) is 4.98. The largest absolute Gasteiger partial charge is 0.490 e. The van der Waals surface area contributed by atoms with Crippen LogP contribution < -0.4 is 10.1 Å². The Bertz CT molecular complexity index is 1360. The first-order valence-corrected chi connectivity index (χ1v) is 12.3. The van der Waals surface area contributed by atoms with Gasteiger partial charge in [-0.2, -0.15) is 5.26 Å². The van der Waals surface area contributed by atoms with E-state index in [2.05, 4.69) is 44.1 Å². The average molecular weight is 466 g/mol. The lowest BCUT2D eigenvalue weighted by molar-refractivity contribution is 0.0256. The van der Waals surface area contributed by atoms with E-state index in [1.807, 2.05) is 24.3 Å². The molecule has 2 aromatic carbocycles. The molecule has 0 bridgehead atoms. The Labute approximate surface area is 204 Å². The molecule has 4 aromatic rings. The highest BCUT2D eigenvalue weighted by Gasteiger charge is 2.28. The number of benzene rings is 2. The number of ether oxygens (including phenoxy) is 2. The Morgan fingerprint density at radius 2 is 1.77 bits per heavy atom. The second-order valence-corrected chi connectivity index (χ2v) is 9.17. The van der Waals surface area contributed by atoms with E-state index in [0.29, 0.717) is 12.0 Å². The third-order valence-corrected chi connectivity index (χ3v) is 6.98. The Morgan fingerprint density at radius 3 is 2.46 bits per heavy atom. The third-order valence-electron chi connectivity index (χ3n) is 6.98. The van der Waals surface area contributed by atoms with Crippen LogP contribution in [0.2, 0.25) is 0 Å². The normalized spacial score (nSPS) is 16.5. The first-order chi connectivity index (χ1) is 17.3. The van der Waals surface area contributed by atoms with Crippen molar-refractivity contribution in [1.29, 1.82) is 5.26 Å². The maximum atomic E-state index is 10.2. The number of fused-ring (bicyclic) bond motifs is 1. The quantitative estimate of drug-likeness (QED) is 0.376. The molecule has 176 valence electrons. The molecule has 1 aliphatic carbocycles. The zero-order valence-electron chi connectivity index (χ0n) is 19.5. The Kier molecular flexibility index (Phi) is 5.81. The minimum atomic E-state index is 0.178. The number of anilines is 2. The maximum Gasteiger partial charge on any atom is 0.227 e. The van der Waals surface area contributed by atoms with Gasteiger partial charge in [-0.05, 0) is 55.2 Å². The van der Waals surface area contributed by atoms with Gasteiger partial charge >= 0.3 is 0 Å². The van der Waals surface area contributed by atoms with Crippen molar-refractivity contribution in [2.75, 3.05) is 18.5 Å². The second kappa shape index (κ2) is 9.40. The van der Waals surface area contributed by atoms with Crippen LogP contribution in [0.1, 0.15) is 43.7 Å². The monoisotopic (exact) mass is 465 g/mol. The summed E-state index contributed by atoms with van der Waals surface area (Å²) < 4.78 is 14.2. The lowest BCUT2D eigenvalue weighted by atomic mass is 9.92.